The zero-order chi connectivity index (χ0) is 25.8. The van der Waals surface area contributed by atoms with E-state index in [-0.39, 0.29) is 5.91 Å². The molecule has 0 spiro atoms. The monoisotopic (exact) mass is 514 g/mol. The lowest BCUT2D eigenvalue weighted by molar-refractivity contribution is 0.102. The van der Waals surface area contributed by atoms with Crippen LogP contribution >= 0.6 is 11.3 Å². The minimum Gasteiger partial charge on any atom is -0.491 e. The number of amides is 1. The fraction of sp³-hybridized carbons (Fsp3) is 0.148. The molecule has 0 aliphatic heterocycles. The van der Waals surface area contributed by atoms with Crippen molar-refractivity contribution >= 4 is 45.1 Å². The maximum absolute atomic E-state index is 12.6. The highest BCUT2D eigenvalue weighted by molar-refractivity contribution is 7.14. The van der Waals surface area contributed by atoms with Crippen LogP contribution in [0.4, 0.5) is 22.2 Å². The number of para-hydroxylation sites is 2. The summed E-state index contributed by atoms with van der Waals surface area (Å²) in [5.41, 5.74) is 11.8. The Morgan fingerprint density at radius 3 is 2.68 bits per heavy atom. The second kappa shape index (κ2) is 10.7. The SMILES string of the molecule is COCCOc1ccn2c(-c3csc(Nc4ccc(C(=O)Nc5ccccc5N)cc4)n3)c(C)nc2c1. The zero-order valence-electron chi connectivity index (χ0n) is 20.4. The molecule has 10 heteroatoms. The third-order valence-electron chi connectivity index (χ3n) is 5.68. The highest BCUT2D eigenvalue weighted by Gasteiger charge is 2.15. The van der Waals surface area contributed by atoms with Crippen LogP contribution in [0.15, 0.2) is 72.2 Å². The Bertz CT molecular complexity index is 1540. The summed E-state index contributed by atoms with van der Waals surface area (Å²) in [7, 11) is 1.64. The Morgan fingerprint density at radius 1 is 1.08 bits per heavy atom. The van der Waals surface area contributed by atoms with Gasteiger partial charge in [-0.2, -0.15) is 0 Å². The van der Waals surface area contributed by atoms with Gasteiger partial charge in [0.15, 0.2) is 5.13 Å². The van der Waals surface area contributed by atoms with E-state index in [9.17, 15) is 4.79 Å². The van der Waals surface area contributed by atoms with Crippen LogP contribution < -0.4 is 21.1 Å². The average molecular weight is 515 g/mol. The first-order valence-electron chi connectivity index (χ1n) is 11.6. The van der Waals surface area contributed by atoms with Crippen molar-refractivity contribution in [3.63, 3.8) is 0 Å². The first-order valence-corrected chi connectivity index (χ1v) is 12.5. The van der Waals surface area contributed by atoms with E-state index in [0.717, 1.165) is 39.3 Å². The number of nitrogen functional groups attached to an aromatic ring is 1. The molecule has 3 aromatic heterocycles. The molecule has 2 aromatic carbocycles. The Morgan fingerprint density at radius 2 is 1.89 bits per heavy atom. The summed E-state index contributed by atoms with van der Waals surface area (Å²) in [6.45, 7) is 2.97. The van der Waals surface area contributed by atoms with Crippen molar-refractivity contribution < 1.29 is 14.3 Å². The molecular formula is C27H26N6O3S. The van der Waals surface area contributed by atoms with Crippen molar-refractivity contribution in [2.45, 2.75) is 6.92 Å². The molecular weight excluding hydrogens is 488 g/mol. The van der Waals surface area contributed by atoms with E-state index in [1.807, 2.05) is 59.3 Å². The lowest BCUT2D eigenvalue weighted by Gasteiger charge is -2.08. The van der Waals surface area contributed by atoms with Crippen molar-refractivity contribution in [1.29, 1.82) is 0 Å². The van der Waals surface area contributed by atoms with Gasteiger partial charge < -0.3 is 25.8 Å². The molecule has 0 fully saturated rings. The number of hydrogen-bond donors (Lipinski definition) is 3. The molecule has 5 aromatic rings. The fourth-order valence-electron chi connectivity index (χ4n) is 3.86. The summed E-state index contributed by atoms with van der Waals surface area (Å²) in [4.78, 5) is 22.0. The summed E-state index contributed by atoms with van der Waals surface area (Å²) in [5, 5.41) is 8.87. The number of ether oxygens (including phenoxy) is 2. The van der Waals surface area contributed by atoms with E-state index in [0.29, 0.717) is 30.2 Å². The molecule has 9 nitrogen and oxygen atoms in total. The average Bonchev–Trinajstić information content (AvgIpc) is 3.48. The van der Waals surface area contributed by atoms with Gasteiger partial charge in [-0.1, -0.05) is 12.1 Å². The van der Waals surface area contributed by atoms with Gasteiger partial charge in [-0.3, -0.25) is 9.20 Å². The smallest absolute Gasteiger partial charge is 0.255 e. The highest BCUT2D eigenvalue weighted by Crippen LogP contribution is 2.31. The standard InChI is InChI=1S/C27H26N6O3S/c1-17-25(33-12-11-20(15-24(33)29-17)36-14-13-35-2)23-16-37-27(32-23)30-19-9-7-18(8-10-19)26(34)31-22-6-4-3-5-21(22)28/h3-12,15-16H,13-14,28H2,1-2H3,(H,30,32)(H,31,34). The highest BCUT2D eigenvalue weighted by atomic mass is 32.1. The van der Waals surface area contributed by atoms with Gasteiger partial charge in [0.05, 0.1) is 29.4 Å². The van der Waals surface area contributed by atoms with Gasteiger partial charge in [0.25, 0.3) is 5.91 Å². The number of nitrogens with zero attached hydrogens (tertiary/aromatic N) is 3. The topological polar surface area (TPSA) is 116 Å². The van der Waals surface area contributed by atoms with E-state index in [1.165, 1.54) is 11.3 Å². The van der Waals surface area contributed by atoms with Gasteiger partial charge in [-0.25, -0.2) is 9.97 Å². The third-order valence-corrected chi connectivity index (χ3v) is 6.44. The Hall–Kier alpha value is -4.41. The minimum absolute atomic E-state index is 0.226. The van der Waals surface area contributed by atoms with Crippen LogP contribution in [0, 0.1) is 6.92 Å². The molecule has 0 bridgehead atoms. The third kappa shape index (κ3) is 5.40. The van der Waals surface area contributed by atoms with Crippen LogP contribution in [0.25, 0.3) is 17.0 Å². The number of anilines is 4. The molecule has 0 saturated heterocycles. The van der Waals surface area contributed by atoms with E-state index < -0.39 is 0 Å². The molecule has 0 aliphatic carbocycles. The summed E-state index contributed by atoms with van der Waals surface area (Å²) < 4.78 is 12.7. The van der Waals surface area contributed by atoms with Gasteiger partial charge in [0, 0.05) is 36.0 Å². The first-order chi connectivity index (χ1) is 18.0. The van der Waals surface area contributed by atoms with Gasteiger partial charge >= 0.3 is 0 Å². The second-order valence-corrected chi connectivity index (χ2v) is 9.12. The Kier molecular flexibility index (Phi) is 7.02. The van der Waals surface area contributed by atoms with Crippen LogP contribution in [-0.2, 0) is 4.74 Å². The number of aryl methyl sites for hydroxylation is 1. The molecule has 0 unspecified atom stereocenters. The fourth-order valence-corrected chi connectivity index (χ4v) is 4.57. The number of carbonyl (C=O) groups excluding carboxylic acids is 1. The predicted molar refractivity (Wildman–Crippen MR) is 147 cm³/mol. The van der Waals surface area contributed by atoms with Gasteiger partial charge in [0.2, 0.25) is 0 Å². The van der Waals surface area contributed by atoms with Crippen LogP contribution in [0.5, 0.6) is 5.75 Å². The van der Waals surface area contributed by atoms with Crippen LogP contribution in [0.3, 0.4) is 0 Å². The van der Waals surface area contributed by atoms with Crippen LogP contribution in [-0.4, -0.2) is 40.6 Å². The molecule has 37 heavy (non-hydrogen) atoms. The predicted octanol–water partition coefficient (Wildman–Crippen LogP) is 5.37. The van der Waals surface area contributed by atoms with Crippen molar-refractivity contribution in [3.05, 3.63) is 83.5 Å². The molecule has 1 amide bonds. The lowest BCUT2D eigenvalue weighted by atomic mass is 10.2. The van der Waals surface area contributed by atoms with Crippen molar-refractivity contribution in [2.24, 2.45) is 0 Å². The number of nitrogens with one attached hydrogen (secondary N) is 2. The summed E-state index contributed by atoms with van der Waals surface area (Å²) in [6.07, 6.45) is 1.94. The Balaban J connectivity index is 1.28. The summed E-state index contributed by atoms with van der Waals surface area (Å²) >= 11 is 1.50. The molecule has 5 rings (SSSR count). The number of rotatable bonds is 9. The summed E-state index contributed by atoms with van der Waals surface area (Å²) in [5.74, 6) is 0.516. The maximum Gasteiger partial charge on any atom is 0.255 e. The van der Waals surface area contributed by atoms with E-state index in [2.05, 4.69) is 15.6 Å². The van der Waals surface area contributed by atoms with Gasteiger partial charge in [-0.15, -0.1) is 11.3 Å². The largest absolute Gasteiger partial charge is 0.491 e. The van der Waals surface area contributed by atoms with Gasteiger partial charge in [0.1, 0.15) is 23.7 Å². The van der Waals surface area contributed by atoms with E-state index >= 15 is 0 Å². The summed E-state index contributed by atoms with van der Waals surface area (Å²) in [6, 6.07) is 18.2. The normalized spacial score (nSPS) is 11.0. The number of benzene rings is 2. The number of methoxy groups -OCH3 is 1. The maximum atomic E-state index is 12.6. The number of hydrogen-bond acceptors (Lipinski definition) is 8. The zero-order valence-corrected chi connectivity index (χ0v) is 21.2. The number of fused-ring (bicyclic) bond motifs is 1. The quantitative estimate of drug-likeness (QED) is 0.179. The van der Waals surface area contributed by atoms with Gasteiger partial charge in [-0.05, 0) is 49.4 Å². The molecule has 0 saturated carbocycles. The Labute approximate surface area is 217 Å². The van der Waals surface area contributed by atoms with Crippen molar-refractivity contribution in [2.75, 3.05) is 36.7 Å². The first kappa shape index (κ1) is 24.3. The molecule has 188 valence electrons. The molecule has 0 aliphatic rings. The number of nitrogens with two attached hydrogens (primary N) is 1. The number of pyridine rings is 1. The van der Waals surface area contributed by atoms with E-state index in [4.69, 9.17) is 20.2 Å². The molecule has 0 radical (unpaired) electrons. The molecule has 3 heterocycles. The van der Waals surface area contributed by atoms with Crippen molar-refractivity contribution in [1.82, 2.24) is 14.4 Å². The van der Waals surface area contributed by atoms with Crippen LogP contribution in [0.1, 0.15) is 16.1 Å². The number of aromatic nitrogens is 3. The minimum atomic E-state index is -0.226. The number of carbonyl (C=O) groups is 1. The van der Waals surface area contributed by atoms with Crippen LogP contribution in [0.2, 0.25) is 0 Å². The second-order valence-electron chi connectivity index (χ2n) is 8.26. The number of thiazole rings is 1. The van der Waals surface area contributed by atoms with Crippen molar-refractivity contribution in [3.8, 4) is 17.1 Å². The van der Waals surface area contributed by atoms with E-state index in [1.54, 1.807) is 31.4 Å². The molecule has 0 atom stereocenters. The molecule has 4 N–H and O–H groups in total. The number of imidazole rings is 1. The lowest BCUT2D eigenvalue weighted by Crippen LogP contribution is -2.13.